The third-order valence-electron chi connectivity index (χ3n) is 11.1. The lowest BCUT2D eigenvalue weighted by Gasteiger charge is -2.18. The maximum absolute atomic E-state index is 12.8. The van der Waals surface area contributed by atoms with E-state index in [1.165, 1.54) is 89.9 Å². The molecule has 0 bridgehead atoms. The van der Waals surface area contributed by atoms with Gasteiger partial charge in [0.1, 0.15) is 13.2 Å². The van der Waals surface area contributed by atoms with Crippen LogP contribution in [0.5, 0.6) is 0 Å². The molecule has 370 valence electrons. The molecule has 0 aliphatic rings. The Morgan fingerprint density at radius 3 is 1.03 bits per heavy atom. The molecule has 0 unspecified atom stereocenters. The summed E-state index contributed by atoms with van der Waals surface area (Å²) in [6, 6.07) is 0. The van der Waals surface area contributed by atoms with Gasteiger partial charge in [-0.1, -0.05) is 208 Å². The van der Waals surface area contributed by atoms with E-state index in [9.17, 15) is 14.4 Å². The number of unbranched alkanes of at least 4 members (excludes halogenated alkanes) is 20. The number of ether oxygens (including phenoxy) is 3. The van der Waals surface area contributed by atoms with E-state index >= 15 is 0 Å². The summed E-state index contributed by atoms with van der Waals surface area (Å²) in [7, 11) is 0. The smallest absolute Gasteiger partial charge is 0.306 e. The van der Waals surface area contributed by atoms with Crippen LogP contribution < -0.4 is 0 Å². The van der Waals surface area contributed by atoms with E-state index in [0.29, 0.717) is 19.3 Å². The monoisotopic (exact) mass is 903 g/mol. The van der Waals surface area contributed by atoms with Gasteiger partial charge in [-0.3, -0.25) is 14.4 Å². The average Bonchev–Trinajstić information content (AvgIpc) is 3.30. The second-order valence-electron chi connectivity index (χ2n) is 17.4. The van der Waals surface area contributed by atoms with Crippen molar-refractivity contribution >= 4 is 17.9 Å². The zero-order valence-corrected chi connectivity index (χ0v) is 42.2. The number of carbonyl (C=O) groups excluding carboxylic acids is 3. The van der Waals surface area contributed by atoms with Crippen LogP contribution in [0.4, 0.5) is 0 Å². The van der Waals surface area contributed by atoms with Crippen LogP contribution in [0.15, 0.2) is 97.2 Å². The van der Waals surface area contributed by atoms with E-state index < -0.39 is 6.10 Å². The van der Waals surface area contributed by atoms with Crippen molar-refractivity contribution in [2.24, 2.45) is 0 Å². The Hall–Kier alpha value is -3.67. The first kappa shape index (κ1) is 61.3. The molecule has 0 rings (SSSR count). The van der Waals surface area contributed by atoms with Gasteiger partial charge in [-0.15, -0.1) is 0 Å². The van der Waals surface area contributed by atoms with Crippen molar-refractivity contribution in [3.63, 3.8) is 0 Å². The lowest BCUT2D eigenvalue weighted by atomic mass is 10.1. The first-order valence-electron chi connectivity index (χ1n) is 26.7. The molecule has 0 heterocycles. The van der Waals surface area contributed by atoms with Gasteiger partial charge in [0.15, 0.2) is 6.10 Å². The molecular formula is C59H98O6. The van der Waals surface area contributed by atoms with Gasteiger partial charge < -0.3 is 14.2 Å². The molecule has 0 aromatic rings. The van der Waals surface area contributed by atoms with Crippen LogP contribution in [-0.2, 0) is 28.6 Å². The second kappa shape index (κ2) is 52.9. The predicted molar refractivity (Wildman–Crippen MR) is 279 cm³/mol. The highest BCUT2D eigenvalue weighted by molar-refractivity contribution is 5.71. The van der Waals surface area contributed by atoms with Crippen molar-refractivity contribution in [3.8, 4) is 0 Å². The van der Waals surface area contributed by atoms with Crippen LogP contribution in [-0.4, -0.2) is 37.2 Å². The van der Waals surface area contributed by atoms with Gasteiger partial charge in [0.05, 0.1) is 0 Å². The molecular weight excluding hydrogens is 805 g/mol. The van der Waals surface area contributed by atoms with Gasteiger partial charge >= 0.3 is 17.9 Å². The maximum Gasteiger partial charge on any atom is 0.306 e. The van der Waals surface area contributed by atoms with E-state index in [0.717, 1.165) is 103 Å². The number of allylic oxidation sites excluding steroid dienone is 16. The average molecular weight is 903 g/mol. The van der Waals surface area contributed by atoms with Gasteiger partial charge in [-0.25, -0.2) is 0 Å². The lowest BCUT2D eigenvalue weighted by Crippen LogP contribution is -2.30. The summed E-state index contributed by atoms with van der Waals surface area (Å²) in [4.78, 5) is 38.0. The standard InChI is InChI=1S/C59H98O6/c1-4-7-10-13-16-19-22-25-28-29-30-31-32-35-37-40-43-46-49-52-58(61)64-55-56(65-59(62)53-50-47-44-41-38-34-27-24-21-18-15-12-9-6-3)54-63-57(60)51-48-45-42-39-36-33-26-23-20-17-14-11-8-5-2/h7,10,16,19,23-28,30-31,35,37,43,46,56H,4-6,8-9,11-15,17-18,20-22,29,32-34,36,38-42,44-45,47-55H2,1-3H3/b10-7-,19-16-,26-23-,27-24-,28-25-,31-30-,37-35-,46-43-/t56-/m1/s1. The summed E-state index contributed by atoms with van der Waals surface area (Å²) in [5.74, 6) is -1.01. The van der Waals surface area contributed by atoms with Crippen molar-refractivity contribution in [1.29, 1.82) is 0 Å². The molecule has 1 atom stereocenters. The van der Waals surface area contributed by atoms with Gasteiger partial charge in [-0.2, -0.15) is 0 Å². The second-order valence-corrected chi connectivity index (χ2v) is 17.4. The van der Waals surface area contributed by atoms with Crippen molar-refractivity contribution in [3.05, 3.63) is 97.2 Å². The van der Waals surface area contributed by atoms with Gasteiger partial charge in [0.25, 0.3) is 0 Å². The summed E-state index contributed by atoms with van der Waals surface area (Å²) in [6.07, 6.45) is 69.7. The largest absolute Gasteiger partial charge is 0.462 e. The lowest BCUT2D eigenvalue weighted by molar-refractivity contribution is -0.166. The highest BCUT2D eigenvalue weighted by Crippen LogP contribution is 2.13. The normalized spacial score (nSPS) is 12.8. The number of esters is 3. The van der Waals surface area contributed by atoms with Crippen molar-refractivity contribution in [1.82, 2.24) is 0 Å². The molecule has 65 heavy (non-hydrogen) atoms. The van der Waals surface area contributed by atoms with Gasteiger partial charge in [-0.05, 0) is 109 Å². The summed E-state index contributed by atoms with van der Waals surface area (Å²) >= 11 is 0. The molecule has 0 saturated carbocycles. The first-order valence-corrected chi connectivity index (χ1v) is 26.7. The Morgan fingerprint density at radius 1 is 0.323 bits per heavy atom. The Balaban J connectivity index is 4.52. The third-order valence-corrected chi connectivity index (χ3v) is 11.1. The minimum Gasteiger partial charge on any atom is -0.462 e. The Labute approximate surface area is 400 Å². The molecule has 0 aromatic heterocycles. The van der Waals surface area contributed by atoms with E-state index in [1.54, 1.807) is 0 Å². The summed E-state index contributed by atoms with van der Waals surface area (Å²) in [5.41, 5.74) is 0. The van der Waals surface area contributed by atoms with Crippen molar-refractivity contribution < 1.29 is 28.6 Å². The highest BCUT2D eigenvalue weighted by atomic mass is 16.6. The fraction of sp³-hybridized carbons (Fsp3) is 0.678. The van der Waals surface area contributed by atoms with Crippen LogP contribution >= 0.6 is 0 Å². The van der Waals surface area contributed by atoms with E-state index in [1.807, 2.05) is 6.08 Å². The van der Waals surface area contributed by atoms with Crippen LogP contribution in [0.1, 0.15) is 239 Å². The van der Waals surface area contributed by atoms with Crippen LogP contribution in [0, 0.1) is 0 Å². The molecule has 6 nitrogen and oxygen atoms in total. The minimum atomic E-state index is -0.816. The molecule has 0 aliphatic carbocycles. The zero-order chi connectivity index (χ0) is 47.2. The summed E-state index contributed by atoms with van der Waals surface area (Å²) in [6.45, 7) is 6.42. The fourth-order valence-electron chi connectivity index (χ4n) is 7.04. The number of hydrogen-bond donors (Lipinski definition) is 0. The van der Waals surface area contributed by atoms with Crippen LogP contribution in [0.3, 0.4) is 0 Å². The Bertz CT molecular complexity index is 1310. The van der Waals surface area contributed by atoms with E-state index in [2.05, 4.69) is 112 Å². The predicted octanol–water partition coefficient (Wildman–Crippen LogP) is 17.8. The first-order chi connectivity index (χ1) is 32.0. The quantitative estimate of drug-likeness (QED) is 0.0262. The molecule has 0 aliphatic heterocycles. The molecule has 0 radical (unpaired) electrons. The molecule has 0 fully saturated rings. The maximum atomic E-state index is 12.8. The minimum absolute atomic E-state index is 0.109. The summed E-state index contributed by atoms with van der Waals surface area (Å²) < 4.78 is 16.7. The number of carbonyl (C=O) groups is 3. The van der Waals surface area contributed by atoms with Crippen molar-refractivity contribution in [2.45, 2.75) is 245 Å². The molecule has 0 N–H and O–H groups in total. The fourth-order valence-corrected chi connectivity index (χ4v) is 7.04. The zero-order valence-electron chi connectivity index (χ0n) is 42.2. The number of rotatable bonds is 47. The number of hydrogen-bond acceptors (Lipinski definition) is 6. The van der Waals surface area contributed by atoms with Crippen LogP contribution in [0.25, 0.3) is 0 Å². The van der Waals surface area contributed by atoms with Crippen LogP contribution in [0.2, 0.25) is 0 Å². The van der Waals surface area contributed by atoms with Gasteiger partial charge in [0, 0.05) is 19.3 Å². The highest BCUT2D eigenvalue weighted by Gasteiger charge is 2.19. The Kier molecular flexibility index (Phi) is 50.0. The van der Waals surface area contributed by atoms with E-state index in [-0.39, 0.29) is 37.5 Å². The molecule has 6 heteroatoms. The molecule has 0 amide bonds. The Morgan fingerprint density at radius 2 is 0.631 bits per heavy atom. The molecule has 0 spiro atoms. The topological polar surface area (TPSA) is 78.9 Å². The molecule has 0 aromatic carbocycles. The van der Waals surface area contributed by atoms with Crippen molar-refractivity contribution in [2.75, 3.05) is 13.2 Å². The third kappa shape index (κ3) is 51.2. The van der Waals surface area contributed by atoms with Gasteiger partial charge in [0.2, 0.25) is 0 Å². The van der Waals surface area contributed by atoms with E-state index in [4.69, 9.17) is 14.2 Å². The SMILES string of the molecule is CC/C=C\C/C=C\C/C=C\C/C=C\C/C=C\C/C=C\CCC(=O)OC[C@@H](COC(=O)CCCCCCC/C=C\CCCCCCC)OC(=O)CCCCCCC/C=C\CCCCCCC. The summed E-state index contributed by atoms with van der Waals surface area (Å²) in [5, 5.41) is 0. The molecule has 0 saturated heterocycles.